The van der Waals surface area contributed by atoms with E-state index >= 15 is 0 Å². The van der Waals surface area contributed by atoms with Crippen molar-refractivity contribution in [3.05, 3.63) is 35.4 Å². The van der Waals surface area contributed by atoms with Crippen molar-refractivity contribution in [1.82, 2.24) is 5.32 Å². The minimum absolute atomic E-state index is 0.300. The quantitative estimate of drug-likeness (QED) is 0.738. The fourth-order valence-corrected chi connectivity index (χ4v) is 2.07. The van der Waals surface area contributed by atoms with Gasteiger partial charge in [0.2, 0.25) is 0 Å². The molecule has 1 atom stereocenters. The summed E-state index contributed by atoms with van der Waals surface area (Å²) in [5.41, 5.74) is 0.486. The molecular weight excluding hydrogens is 232 g/mol. The summed E-state index contributed by atoms with van der Waals surface area (Å²) in [7, 11) is 0. The van der Waals surface area contributed by atoms with Crippen molar-refractivity contribution in [2.75, 3.05) is 6.54 Å². The van der Waals surface area contributed by atoms with Gasteiger partial charge in [0.1, 0.15) is 11.6 Å². The second-order valence-electron chi connectivity index (χ2n) is 4.69. The third-order valence-electron chi connectivity index (χ3n) is 3.18. The lowest BCUT2D eigenvalue weighted by Gasteiger charge is -2.16. The van der Waals surface area contributed by atoms with E-state index in [0.29, 0.717) is 18.0 Å². The normalized spacial score (nSPS) is 12.7. The van der Waals surface area contributed by atoms with E-state index in [1.807, 2.05) is 0 Å². The smallest absolute Gasteiger partial charge is 0.126 e. The summed E-state index contributed by atoms with van der Waals surface area (Å²) in [4.78, 5) is 0. The first-order valence-electron chi connectivity index (χ1n) is 6.84. The molecule has 102 valence electrons. The van der Waals surface area contributed by atoms with Crippen molar-refractivity contribution in [2.45, 2.75) is 52.0 Å². The van der Waals surface area contributed by atoms with Crippen molar-refractivity contribution in [3.8, 4) is 0 Å². The first-order valence-corrected chi connectivity index (χ1v) is 6.84. The molecule has 0 aliphatic rings. The van der Waals surface area contributed by atoms with Crippen LogP contribution in [-0.4, -0.2) is 12.6 Å². The summed E-state index contributed by atoms with van der Waals surface area (Å²) in [6.45, 7) is 5.31. The molecule has 0 saturated carbocycles. The highest BCUT2D eigenvalue weighted by atomic mass is 19.1. The lowest BCUT2D eigenvalue weighted by atomic mass is 10.0. The average Bonchev–Trinajstić information content (AvgIpc) is 2.37. The molecule has 18 heavy (non-hydrogen) atoms. The van der Waals surface area contributed by atoms with E-state index in [9.17, 15) is 8.78 Å². The number of rotatable bonds is 8. The van der Waals surface area contributed by atoms with Crippen LogP contribution in [0.3, 0.4) is 0 Å². The molecule has 1 aromatic carbocycles. The Bertz CT molecular complexity index is 352. The fraction of sp³-hybridized carbons (Fsp3) is 0.600. The Morgan fingerprint density at radius 3 is 2.67 bits per heavy atom. The molecular formula is C15H23F2N. The lowest BCUT2D eigenvalue weighted by Crippen LogP contribution is -2.29. The van der Waals surface area contributed by atoms with E-state index in [1.54, 1.807) is 0 Å². The fourth-order valence-electron chi connectivity index (χ4n) is 2.07. The molecule has 1 rings (SSSR count). The van der Waals surface area contributed by atoms with Gasteiger partial charge in [-0.25, -0.2) is 8.78 Å². The Kier molecular flexibility index (Phi) is 6.88. The highest BCUT2D eigenvalue weighted by molar-refractivity contribution is 5.18. The van der Waals surface area contributed by atoms with Crippen LogP contribution in [0.2, 0.25) is 0 Å². The number of hydrogen-bond donors (Lipinski definition) is 1. The molecule has 0 amide bonds. The molecule has 3 heteroatoms. The third-order valence-corrected chi connectivity index (χ3v) is 3.18. The summed E-state index contributed by atoms with van der Waals surface area (Å²) in [6, 6.07) is 4.16. The average molecular weight is 255 g/mol. The second kappa shape index (κ2) is 8.20. The van der Waals surface area contributed by atoms with Crippen molar-refractivity contribution >= 4 is 0 Å². The van der Waals surface area contributed by atoms with Crippen LogP contribution in [0, 0.1) is 11.6 Å². The predicted molar refractivity (Wildman–Crippen MR) is 71.7 cm³/mol. The molecule has 0 aliphatic heterocycles. The van der Waals surface area contributed by atoms with Gasteiger partial charge in [-0.05, 0) is 62.4 Å². The topological polar surface area (TPSA) is 12.0 Å². The van der Waals surface area contributed by atoms with E-state index in [-0.39, 0.29) is 11.6 Å². The number of hydrogen-bond acceptors (Lipinski definition) is 1. The summed E-state index contributed by atoms with van der Waals surface area (Å²) in [6.07, 6.45) is 4.69. The number of benzene rings is 1. The second-order valence-corrected chi connectivity index (χ2v) is 4.69. The van der Waals surface area contributed by atoms with Gasteiger partial charge < -0.3 is 5.32 Å². The van der Waals surface area contributed by atoms with Gasteiger partial charge in [-0.3, -0.25) is 0 Å². The van der Waals surface area contributed by atoms with Gasteiger partial charge in [0.15, 0.2) is 0 Å². The first-order chi connectivity index (χ1) is 8.67. The number of nitrogens with one attached hydrogen (secondary N) is 1. The Morgan fingerprint density at radius 1 is 1.22 bits per heavy atom. The maximum Gasteiger partial charge on any atom is 0.126 e. The Balaban J connectivity index is 2.37. The van der Waals surface area contributed by atoms with Crippen LogP contribution in [-0.2, 0) is 6.42 Å². The van der Waals surface area contributed by atoms with Gasteiger partial charge in [-0.15, -0.1) is 0 Å². The van der Waals surface area contributed by atoms with Crippen LogP contribution < -0.4 is 5.32 Å². The van der Waals surface area contributed by atoms with Crippen LogP contribution in [0.5, 0.6) is 0 Å². The molecule has 0 spiro atoms. The van der Waals surface area contributed by atoms with Gasteiger partial charge in [-0.2, -0.15) is 0 Å². The minimum atomic E-state index is -0.359. The molecule has 1 N–H and O–H groups in total. The lowest BCUT2D eigenvalue weighted by molar-refractivity contribution is 0.453. The zero-order chi connectivity index (χ0) is 13.4. The molecule has 0 radical (unpaired) electrons. The van der Waals surface area contributed by atoms with Gasteiger partial charge in [-0.1, -0.05) is 13.8 Å². The molecule has 0 aromatic heterocycles. The van der Waals surface area contributed by atoms with E-state index in [4.69, 9.17) is 0 Å². The van der Waals surface area contributed by atoms with Gasteiger partial charge in [0.05, 0.1) is 0 Å². The Morgan fingerprint density at radius 2 is 2.00 bits per heavy atom. The third kappa shape index (κ3) is 5.13. The van der Waals surface area contributed by atoms with E-state index in [2.05, 4.69) is 19.2 Å². The zero-order valence-electron chi connectivity index (χ0n) is 11.3. The Labute approximate surface area is 109 Å². The van der Waals surface area contributed by atoms with Crippen molar-refractivity contribution in [1.29, 1.82) is 0 Å². The molecule has 0 aliphatic carbocycles. The highest BCUT2D eigenvalue weighted by Crippen LogP contribution is 2.14. The molecule has 0 fully saturated rings. The first kappa shape index (κ1) is 15.1. The van der Waals surface area contributed by atoms with Gasteiger partial charge in [0.25, 0.3) is 0 Å². The number of halogens is 2. The minimum Gasteiger partial charge on any atom is -0.314 e. The molecule has 0 saturated heterocycles. The van der Waals surface area contributed by atoms with Gasteiger partial charge >= 0.3 is 0 Å². The molecule has 1 aromatic rings. The zero-order valence-corrected chi connectivity index (χ0v) is 11.3. The van der Waals surface area contributed by atoms with E-state index in [1.165, 1.54) is 12.1 Å². The van der Waals surface area contributed by atoms with E-state index < -0.39 is 0 Å². The van der Waals surface area contributed by atoms with Crippen LogP contribution in [0.25, 0.3) is 0 Å². The van der Waals surface area contributed by atoms with E-state index in [0.717, 1.165) is 38.3 Å². The molecule has 0 heterocycles. The van der Waals surface area contributed by atoms with Crippen molar-refractivity contribution < 1.29 is 8.78 Å². The molecule has 1 nitrogen and oxygen atoms in total. The predicted octanol–water partition coefficient (Wildman–Crippen LogP) is 4.07. The summed E-state index contributed by atoms with van der Waals surface area (Å²) in [5.74, 6) is -0.659. The molecule has 1 unspecified atom stereocenters. The summed E-state index contributed by atoms with van der Waals surface area (Å²) >= 11 is 0. The maximum absolute atomic E-state index is 13.4. The van der Waals surface area contributed by atoms with Gasteiger partial charge in [0, 0.05) is 6.04 Å². The maximum atomic E-state index is 13.4. The van der Waals surface area contributed by atoms with Crippen LogP contribution in [0.15, 0.2) is 18.2 Å². The highest BCUT2D eigenvalue weighted by Gasteiger charge is 2.07. The number of aryl methyl sites for hydroxylation is 1. The standard InChI is InChI=1S/C15H23F2N/c1-3-10-18-14(4-2)7-5-6-12-11-13(16)8-9-15(12)17/h8-9,11,14,18H,3-7,10H2,1-2H3. The van der Waals surface area contributed by atoms with Crippen molar-refractivity contribution in [3.63, 3.8) is 0 Å². The summed E-state index contributed by atoms with van der Waals surface area (Å²) in [5, 5.41) is 3.46. The van der Waals surface area contributed by atoms with Crippen LogP contribution in [0.4, 0.5) is 8.78 Å². The summed E-state index contributed by atoms with van der Waals surface area (Å²) < 4.78 is 26.4. The SMILES string of the molecule is CCCNC(CC)CCCc1cc(F)ccc1F. The Hall–Kier alpha value is -0.960. The monoisotopic (exact) mass is 255 g/mol. The van der Waals surface area contributed by atoms with Crippen molar-refractivity contribution in [2.24, 2.45) is 0 Å². The molecule has 0 bridgehead atoms. The van der Waals surface area contributed by atoms with Crippen LogP contribution in [0.1, 0.15) is 45.1 Å². The van der Waals surface area contributed by atoms with Crippen LogP contribution >= 0.6 is 0 Å². The largest absolute Gasteiger partial charge is 0.314 e.